The Balaban J connectivity index is 2.57. The van der Waals surface area contributed by atoms with Gasteiger partial charge in [-0.2, -0.15) is 0 Å². The first-order chi connectivity index (χ1) is 6.92. The molecule has 0 amide bonds. The van der Waals surface area contributed by atoms with E-state index in [2.05, 4.69) is 0 Å². The molecule has 0 saturated heterocycles. The molecule has 0 aromatic rings. The van der Waals surface area contributed by atoms with Crippen LogP contribution in [0.1, 0.15) is 39.5 Å². The van der Waals surface area contributed by atoms with E-state index in [9.17, 15) is 8.42 Å². The quantitative estimate of drug-likeness (QED) is 0.751. The van der Waals surface area contributed by atoms with Gasteiger partial charge in [-0.05, 0) is 39.5 Å². The molecule has 0 aromatic carbocycles. The largest absolute Gasteiger partial charge is 0.327 e. The highest BCUT2D eigenvalue weighted by Gasteiger charge is 2.17. The first-order valence-electron chi connectivity index (χ1n) is 5.57. The third-order valence-corrected chi connectivity index (χ3v) is 4.99. The summed E-state index contributed by atoms with van der Waals surface area (Å²) < 4.78 is 23.2. The minimum Gasteiger partial charge on any atom is -0.327 e. The van der Waals surface area contributed by atoms with E-state index in [1.54, 1.807) is 13.8 Å². The molecule has 0 heterocycles. The van der Waals surface area contributed by atoms with Gasteiger partial charge in [0, 0.05) is 6.04 Å². The predicted octanol–water partition coefficient (Wildman–Crippen LogP) is 1.64. The van der Waals surface area contributed by atoms with Crippen molar-refractivity contribution in [2.45, 2.75) is 50.8 Å². The molecular weight excluding hydrogens is 210 g/mol. The predicted molar refractivity (Wildman–Crippen MR) is 63.4 cm³/mol. The van der Waals surface area contributed by atoms with Gasteiger partial charge in [-0.1, -0.05) is 11.6 Å². The lowest BCUT2D eigenvalue weighted by Gasteiger charge is -2.20. The maximum Gasteiger partial charge on any atom is 0.156 e. The van der Waals surface area contributed by atoms with Crippen molar-refractivity contribution in [3.05, 3.63) is 11.6 Å². The highest BCUT2D eigenvalue weighted by Crippen LogP contribution is 2.22. The maximum atomic E-state index is 11.6. The Labute approximate surface area is 92.7 Å². The smallest absolute Gasteiger partial charge is 0.156 e. The van der Waals surface area contributed by atoms with Crippen LogP contribution in [0.3, 0.4) is 0 Å². The summed E-state index contributed by atoms with van der Waals surface area (Å²) in [5.41, 5.74) is 7.05. The minimum absolute atomic E-state index is 0.173. The van der Waals surface area contributed by atoms with Crippen LogP contribution in [0.4, 0.5) is 0 Å². The highest BCUT2D eigenvalue weighted by molar-refractivity contribution is 7.92. The molecule has 88 valence electrons. The topological polar surface area (TPSA) is 60.2 Å². The van der Waals surface area contributed by atoms with Crippen molar-refractivity contribution in [2.75, 3.05) is 5.75 Å². The summed E-state index contributed by atoms with van der Waals surface area (Å²) in [6.07, 6.45) is 5.91. The van der Waals surface area contributed by atoms with Crippen LogP contribution in [-0.4, -0.2) is 25.5 Å². The normalized spacial score (nSPS) is 26.1. The molecule has 2 N–H and O–H groups in total. The van der Waals surface area contributed by atoms with Gasteiger partial charge in [0.15, 0.2) is 9.84 Å². The Morgan fingerprint density at radius 2 is 2.20 bits per heavy atom. The van der Waals surface area contributed by atoms with E-state index in [4.69, 9.17) is 5.73 Å². The first kappa shape index (κ1) is 12.7. The van der Waals surface area contributed by atoms with Gasteiger partial charge in [0.2, 0.25) is 0 Å². The Bertz CT molecular complexity index is 330. The van der Waals surface area contributed by atoms with Crippen LogP contribution in [0.25, 0.3) is 0 Å². The fourth-order valence-electron chi connectivity index (χ4n) is 1.74. The van der Waals surface area contributed by atoms with Crippen molar-refractivity contribution in [1.82, 2.24) is 0 Å². The van der Waals surface area contributed by atoms with Gasteiger partial charge < -0.3 is 5.73 Å². The van der Waals surface area contributed by atoms with E-state index in [0.717, 1.165) is 25.7 Å². The summed E-state index contributed by atoms with van der Waals surface area (Å²) in [6, 6.07) is 0.228. The third kappa shape index (κ3) is 3.95. The van der Waals surface area contributed by atoms with Crippen LogP contribution in [-0.2, 0) is 9.84 Å². The molecule has 1 saturated carbocycles. The van der Waals surface area contributed by atoms with Crippen LogP contribution in [0.5, 0.6) is 0 Å². The summed E-state index contributed by atoms with van der Waals surface area (Å²) in [6.45, 7) is 3.45. The van der Waals surface area contributed by atoms with Gasteiger partial charge in [-0.3, -0.25) is 0 Å². The minimum atomic E-state index is -2.93. The molecule has 0 radical (unpaired) electrons. The fourth-order valence-corrected chi connectivity index (χ4v) is 2.60. The van der Waals surface area contributed by atoms with Crippen LogP contribution in [0.2, 0.25) is 0 Å². The summed E-state index contributed by atoms with van der Waals surface area (Å²) in [5, 5.41) is -0.286. The molecule has 0 aliphatic heterocycles. The maximum absolute atomic E-state index is 11.6. The Morgan fingerprint density at radius 3 is 2.73 bits per heavy atom. The van der Waals surface area contributed by atoms with Crippen LogP contribution in [0.15, 0.2) is 11.6 Å². The number of rotatable bonds is 3. The number of hydrogen-bond donors (Lipinski definition) is 1. The Hall–Kier alpha value is -0.350. The van der Waals surface area contributed by atoms with E-state index < -0.39 is 9.84 Å². The lowest BCUT2D eigenvalue weighted by molar-refractivity contribution is 0.517. The molecule has 1 aliphatic carbocycles. The second-order valence-corrected chi connectivity index (χ2v) is 7.20. The molecule has 0 spiro atoms. The molecule has 3 nitrogen and oxygen atoms in total. The first-order valence-corrected chi connectivity index (χ1v) is 7.28. The molecular formula is C11H21NO2S. The number of hydrogen-bond acceptors (Lipinski definition) is 3. The standard InChI is InChI=1S/C11H21NO2S/c1-9(2)15(13,14)7-6-10-4-3-5-11(12)8-10/h6,9,11H,3-5,7-8,12H2,1-2H3/b10-6-. The van der Waals surface area contributed by atoms with Crippen molar-refractivity contribution in [3.63, 3.8) is 0 Å². The molecule has 4 heteroatoms. The van der Waals surface area contributed by atoms with Crippen molar-refractivity contribution in [3.8, 4) is 0 Å². The summed E-state index contributed by atoms with van der Waals surface area (Å²) in [5.74, 6) is 0.173. The zero-order valence-electron chi connectivity index (χ0n) is 9.57. The SMILES string of the molecule is CC(C)S(=O)(=O)C/C=C1/CCCC(N)C1. The number of sulfone groups is 1. The average Bonchev–Trinajstić information content (AvgIpc) is 2.15. The van der Waals surface area contributed by atoms with E-state index in [0.29, 0.717) is 0 Å². The van der Waals surface area contributed by atoms with Gasteiger partial charge in [-0.25, -0.2) is 8.42 Å². The van der Waals surface area contributed by atoms with Crippen molar-refractivity contribution in [2.24, 2.45) is 5.73 Å². The van der Waals surface area contributed by atoms with Gasteiger partial charge in [-0.15, -0.1) is 0 Å². The third-order valence-electron chi connectivity index (χ3n) is 2.92. The lowest BCUT2D eigenvalue weighted by Crippen LogP contribution is -2.24. The molecule has 1 unspecified atom stereocenters. The van der Waals surface area contributed by atoms with Gasteiger partial charge >= 0.3 is 0 Å². The molecule has 15 heavy (non-hydrogen) atoms. The van der Waals surface area contributed by atoms with Crippen molar-refractivity contribution >= 4 is 9.84 Å². The monoisotopic (exact) mass is 231 g/mol. The van der Waals surface area contributed by atoms with Gasteiger partial charge in [0.05, 0.1) is 11.0 Å². The average molecular weight is 231 g/mol. The second-order valence-electron chi connectivity index (χ2n) is 4.60. The molecule has 0 aromatic heterocycles. The van der Waals surface area contributed by atoms with Crippen molar-refractivity contribution < 1.29 is 8.42 Å². The molecule has 1 atom stereocenters. The van der Waals surface area contributed by atoms with Crippen LogP contribution in [0, 0.1) is 0 Å². The highest BCUT2D eigenvalue weighted by atomic mass is 32.2. The number of nitrogens with two attached hydrogens (primary N) is 1. The Morgan fingerprint density at radius 1 is 1.53 bits per heavy atom. The second kappa shape index (κ2) is 5.12. The zero-order chi connectivity index (χ0) is 11.5. The van der Waals surface area contributed by atoms with Crippen LogP contribution < -0.4 is 5.73 Å². The molecule has 0 bridgehead atoms. The van der Waals surface area contributed by atoms with E-state index in [1.807, 2.05) is 6.08 Å². The van der Waals surface area contributed by atoms with E-state index in [-0.39, 0.29) is 17.0 Å². The molecule has 1 fully saturated rings. The van der Waals surface area contributed by atoms with Gasteiger partial charge in [0.25, 0.3) is 0 Å². The molecule has 1 rings (SSSR count). The van der Waals surface area contributed by atoms with Crippen molar-refractivity contribution in [1.29, 1.82) is 0 Å². The molecule has 1 aliphatic rings. The summed E-state index contributed by atoms with van der Waals surface area (Å²) >= 11 is 0. The summed E-state index contributed by atoms with van der Waals surface area (Å²) in [4.78, 5) is 0. The zero-order valence-corrected chi connectivity index (χ0v) is 10.4. The Kier molecular flexibility index (Phi) is 4.34. The van der Waals surface area contributed by atoms with E-state index >= 15 is 0 Å². The van der Waals surface area contributed by atoms with E-state index in [1.165, 1.54) is 5.57 Å². The fraction of sp³-hybridized carbons (Fsp3) is 0.818. The lowest BCUT2D eigenvalue weighted by atomic mass is 9.91. The summed E-state index contributed by atoms with van der Waals surface area (Å²) in [7, 11) is -2.93. The van der Waals surface area contributed by atoms with Crippen LogP contribution >= 0.6 is 0 Å². The van der Waals surface area contributed by atoms with Gasteiger partial charge in [0.1, 0.15) is 0 Å².